The van der Waals surface area contributed by atoms with Gasteiger partial charge in [-0.1, -0.05) is 5.16 Å². The van der Waals surface area contributed by atoms with E-state index in [4.69, 9.17) is 4.52 Å². The molecule has 21 heavy (non-hydrogen) atoms. The molecule has 4 fully saturated rings. The third kappa shape index (κ3) is 2.19. The molecule has 0 aromatic carbocycles. The zero-order chi connectivity index (χ0) is 14.6. The van der Waals surface area contributed by atoms with Crippen molar-refractivity contribution in [3.63, 3.8) is 0 Å². The molecule has 0 saturated heterocycles. The maximum atomic E-state index is 12.3. The fourth-order valence-corrected chi connectivity index (χ4v) is 5.15. The zero-order valence-electron chi connectivity index (χ0n) is 11.7. The summed E-state index contributed by atoms with van der Waals surface area (Å²) in [6.07, 6.45) is 3.76. The van der Waals surface area contributed by atoms with Crippen molar-refractivity contribution in [2.75, 3.05) is 0 Å². The van der Waals surface area contributed by atoms with Crippen LogP contribution in [0.4, 0.5) is 8.78 Å². The average molecular weight is 296 g/mol. The molecule has 0 aliphatic heterocycles. The van der Waals surface area contributed by atoms with E-state index in [2.05, 4.69) is 10.1 Å². The van der Waals surface area contributed by atoms with Gasteiger partial charge in [0.05, 0.1) is 6.42 Å². The molecule has 0 unspecified atom stereocenters. The van der Waals surface area contributed by atoms with Crippen LogP contribution < -0.4 is 0 Å². The molecule has 0 N–H and O–H groups in total. The van der Waals surface area contributed by atoms with E-state index in [1.54, 1.807) is 0 Å². The molecule has 0 amide bonds. The fourth-order valence-electron chi connectivity index (χ4n) is 5.15. The van der Waals surface area contributed by atoms with Gasteiger partial charge in [-0.05, 0) is 56.3 Å². The highest BCUT2D eigenvalue weighted by Gasteiger charge is 2.53. The number of Topliss-reactive ketones (excluding diaryl/α,β-unsaturated/α-hetero) is 1. The van der Waals surface area contributed by atoms with Crippen molar-refractivity contribution in [3.05, 3.63) is 11.7 Å². The lowest BCUT2D eigenvalue weighted by Gasteiger charge is -2.55. The van der Waals surface area contributed by atoms with Crippen LogP contribution in [0.1, 0.15) is 50.2 Å². The minimum Gasteiger partial charge on any atom is -0.339 e. The van der Waals surface area contributed by atoms with Gasteiger partial charge in [-0.15, -0.1) is 0 Å². The summed E-state index contributed by atoms with van der Waals surface area (Å²) in [5.74, 6) is 1.78. The molecule has 1 aromatic heterocycles. The number of carbonyl (C=O) groups excluding carboxylic acids is 1. The lowest BCUT2D eigenvalue weighted by atomic mass is 9.49. The Morgan fingerprint density at radius 1 is 1.19 bits per heavy atom. The highest BCUT2D eigenvalue weighted by Crippen LogP contribution is 2.60. The number of ketones is 1. The van der Waals surface area contributed by atoms with Crippen molar-refractivity contribution in [3.8, 4) is 0 Å². The van der Waals surface area contributed by atoms with E-state index in [1.165, 1.54) is 19.3 Å². The minimum absolute atomic E-state index is 0.0234. The molecular formula is C15H18F2N2O2. The third-order valence-corrected chi connectivity index (χ3v) is 5.55. The normalized spacial score (nSPS) is 37.4. The molecule has 0 radical (unpaired) electrons. The first-order valence-corrected chi connectivity index (χ1v) is 7.68. The van der Waals surface area contributed by atoms with Gasteiger partial charge in [0, 0.05) is 5.41 Å². The molecule has 114 valence electrons. The van der Waals surface area contributed by atoms with Crippen LogP contribution in [0.5, 0.6) is 0 Å². The Kier molecular flexibility index (Phi) is 2.91. The molecule has 1 aromatic rings. The second-order valence-corrected chi connectivity index (χ2v) is 7.15. The lowest BCUT2D eigenvalue weighted by Crippen LogP contribution is -2.49. The third-order valence-electron chi connectivity index (χ3n) is 5.55. The molecule has 5 rings (SSSR count). The van der Waals surface area contributed by atoms with E-state index in [0.29, 0.717) is 5.82 Å². The van der Waals surface area contributed by atoms with Gasteiger partial charge in [-0.3, -0.25) is 4.79 Å². The van der Waals surface area contributed by atoms with Gasteiger partial charge in [0.1, 0.15) is 0 Å². The van der Waals surface area contributed by atoms with Gasteiger partial charge < -0.3 is 4.52 Å². The standard InChI is InChI=1S/C15H18F2N2O2/c16-13(17)11(20)4-12-18-14(19-21-12)15-5-8-1-9(6-15)3-10(2-8)7-15/h8-10,13H,1-7H2. The van der Waals surface area contributed by atoms with E-state index in [1.807, 2.05) is 0 Å². The van der Waals surface area contributed by atoms with Crippen molar-refractivity contribution < 1.29 is 18.1 Å². The summed E-state index contributed by atoms with van der Waals surface area (Å²) in [6, 6.07) is 0. The fraction of sp³-hybridized carbons (Fsp3) is 0.800. The monoisotopic (exact) mass is 296 g/mol. The Hall–Kier alpha value is -1.33. The highest BCUT2D eigenvalue weighted by atomic mass is 19.3. The number of rotatable bonds is 4. The second-order valence-electron chi connectivity index (χ2n) is 7.15. The van der Waals surface area contributed by atoms with Crippen LogP contribution in [0, 0.1) is 17.8 Å². The van der Waals surface area contributed by atoms with E-state index in [9.17, 15) is 13.6 Å². The van der Waals surface area contributed by atoms with Crippen LogP contribution in [0.2, 0.25) is 0 Å². The molecule has 4 aliphatic rings. The van der Waals surface area contributed by atoms with Gasteiger partial charge in [-0.25, -0.2) is 8.78 Å². The van der Waals surface area contributed by atoms with Gasteiger partial charge in [-0.2, -0.15) is 4.98 Å². The van der Waals surface area contributed by atoms with Gasteiger partial charge in [0.15, 0.2) is 5.82 Å². The molecule has 4 bridgehead atoms. The van der Waals surface area contributed by atoms with E-state index in [-0.39, 0.29) is 11.3 Å². The molecule has 6 heteroatoms. The number of aromatic nitrogens is 2. The Morgan fingerprint density at radius 3 is 2.29 bits per heavy atom. The summed E-state index contributed by atoms with van der Waals surface area (Å²) in [7, 11) is 0. The summed E-state index contributed by atoms with van der Waals surface area (Å²) in [4.78, 5) is 15.4. The SMILES string of the molecule is O=C(Cc1nc(C23CC4CC(CC(C4)C2)C3)no1)C(F)F. The first-order chi connectivity index (χ1) is 10.0. The molecule has 0 spiro atoms. The van der Waals surface area contributed by atoms with Crippen LogP contribution in [-0.4, -0.2) is 22.3 Å². The molecule has 0 atom stereocenters. The van der Waals surface area contributed by atoms with Gasteiger partial charge in [0.25, 0.3) is 6.43 Å². The quantitative estimate of drug-likeness (QED) is 0.857. The topological polar surface area (TPSA) is 56.0 Å². The van der Waals surface area contributed by atoms with Crippen molar-refractivity contribution in [1.82, 2.24) is 10.1 Å². The van der Waals surface area contributed by atoms with Crippen molar-refractivity contribution in [1.29, 1.82) is 0 Å². The van der Waals surface area contributed by atoms with Crippen LogP contribution in [0.15, 0.2) is 4.52 Å². The van der Waals surface area contributed by atoms with Crippen LogP contribution >= 0.6 is 0 Å². The van der Waals surface area contributed by atoms with Gasteiger partial charge in [0.2, 0.25) is 11.7 Å². The largest absolute Gasteiger partial charge is 0.339 e. The predicted molar refractivity (Wildman–Crippen MR) is 68.9 cm³/mol. The molecular weight excluding hydrogens is 278 g/mol. The van der Waals surface area contributed by atoms with Gasteiger partial charge >= 0.3 is 0 Å². The summed E-state index contributed by atoms with van der Waals surface area (Å²) in [5, 5.41) is 4.04. The number of hydrogen-bond acceptors (Lipinski definition) is 4. The Morgan fingerprint density at radius 2 is 1.76 bits per heavy atom. The first kappa shape index (κ1) is 13.3. The molecule has 4 saturated carbocycles. The highest BCUT2D eigenvalue weighted by molar-refractivity contribution is 5.82. The molecule has 1 heterocycles. The van der Waals surface area contributed by atoms with E-state index >= 15 is 0 Å². The lowest BCUT2D eigenvalue weighted by molar-refractivity contribution is -0.129. The predicted octanol–water partition coefficient (Wildman–Crippen LogP) is 2.91. The maximum Gasteiger partial charge on any atom is 0.296 e. The molecule has 4 nitrogen and oxygen atoms in total. The summed E-state index contributed by atoms with van der Waals surface area (Å²) < 4.78 is 29.6. The van der Waals surface area contributed by atoms with E-state index < -0.39 is 18.6 Å². The zero-order valence-corrected chi connectivity index (χ0v) is 11.7. The number of nitrogens with zero attached hydrogens (tertiary/aromatic N) is 2. The van der Waals surface area contributed by atoms with Crippen LogP contribution in [0.3, 0.4) is 0 Å². The minimum atomic E-state index is -2.97. The summed E-state index contributed by atoms with van der Waals surface area (Å²) in [5.41, 5.74) is -0.0234. The van der Waals surface area contributed by atoms with Crippen LogP contribution in [0.25, 0.3) is 0 Å². The number of halogens is 2. The van der Waals surface area contributed by atoms with Crippen molar-refractivity contribution in [2.24, 2.45) is 17.8 Å². The summed E-state index contributed by atoms with van der Waals surface area (Å²) in [6.45, 7) is 0. The summed E-state index contributed by atoms with van der Waals surface area (Å²) >= 11 is 0. The maximum absolute atomic E-state index is 12.3. The van der Waals surface area contributed by atoms with E-state index in [0.717, 1.165) is 37.0 Å². The number of alkyl halides is 2. The smallest absolute Gasteiger partial charge is 0.296 e. The number of carbonyl (C=O) groups is 1. The number of hydrogen-bond donors (Lipinski definition) is 0. The average Bonchev–Trinajstić information content (AvgIpc) is 2.86. The Bertz CT molecular complexity index is 534. The van der Waals surface area contributed by atoms with Crippen molar-refractivity contribution in [2.45, 2.75) is 56.8 Å². The van der Waals surface area contributed by atoms with Crippen molar-refractivity contribution >= 4 is 5.78 Å². The molecule has 4 aliphatic carbocycles. The Labute approximate surface area is 121 Å². The first-order valence-electron chi connectivity index (χ1n) is 7.68. The second kappa shape index (κ2) is 4.58. The Balaban J connectivity index is 1.57. The van der Waals surface area contributed by atoms with Crippen LogP contribution in [-0.2, 0) is 16.6 Å².